The lowest BCUT2D eigenvalue weighted by molar-refractivity contribution is 0.124. The molecule has 0 radical (unpaired) electrons. The first kappa shape index (κ1) is 15.3. The van der Waals surface area contributed by atoms with Crippen molar-refractivity contribution in [1.29, 1.82) is 0 Å². The van der Waals surface area contributed by atoms with Crippen LogP contribution in [0.15, 0.2) is 24.3 Å². The van der Waals surface area contributed by atoms with Crippen LogP contribution in [0, 0.1) is 5.41 Å². The Hall–Kier alpha value is -1.06. The van der Waals surface area contributed by atoms with Gasteiger partial charge in [-0.1, -0.05) is 31.9 Å². The van der Waals surface area contributed by atoms with Gasteiger partial charge in [0.15, 0.2) is 0 Å². The van der Waals surface area contributed by atoms with Crippen molar-refractivity contribution >= 4 is 0 Å². The second-order valence-electron chi connectivity index (χ2n) is 5.98. The highest BCUT2D eigenvalue weighted by atomic mass is 16.5. The SMILES string of the molecule is CCC(NCC1(CO)CCCC1)c1ccc(OC)cc1. The van der Waals surface area contributed by atoms with Crippen LogP contribution >= 0.6 is 0 Å². The van der Waals surface area contributed by atoms with E-state index < -0.39 is 0 Å². The summed E-state index contributed by atoms with van der Waals surface area (Å²) in [7, 11) is 1.69. The maximum Gasteiger partial charge on any atom is 0.118 e. The van der Waals surface area contributed by atoms with Crippen LogP contribution in [0.4, 0.5) is 0 Å². The Morgan fingerprint density at radius 3 is 2.40 bits per heavy atom. The molecule has 1 saturated carbocycles. The lowest BCUT2D eigenvalue weighted by Gasteiger charge is -2.29. The minimum atomic E-state index is 0.111. The molecule has 3 heteroatoms. The fraction of sp³-hybridized carbons (Fsp3) is 0.647. The minimum Gasteiger partial charge on any atom is -0.497 e. The van der Waals surface area contributed by atoms with Gasteiger partial charge in [0.05, 0.1) is 7.11 Å². The Bertz CT molecular complexity index is 396. The summed E-state index contributed by atoms with van der Waals surface area (Å²) >= 11 is 0. The number of hydrogen-bond acceptors (Lipinski definition) is 3. The summed E-state index contributed by atoms with van der Waals surface area (Å²) in [5, 5.41) is 13.3. The Morgan fingerprint density at radius 2 is 1.90 bits per heavy atom. The third-order valence-electron chi connectivity index (χ3n) is 4.65. The van der Waals surface area contributed by atoms with E-state index in [2.05, 4.69) is 24.4 Å². The predicted octanol–water partition coefficient (Wildman–Crippen LogP) is 3.29. The lowest BCUT2D eigenvalue weighted by atomic mass is 9.86. The average molecular weight is 277 g/mol. The molecule has 0 aliphatic heterocycles. The molecule has 1 atom stereocenters. The Morgan fingerprint density at radius 1 is 1.25 bits per heavy atom. The molecule has 0 heterocycles. The third kappa shape index (κ3) is 3.53. The lowest BCUT2D eigenvalue weighted by Crippen LogP contribution is -2.37. The topological polar surface area (TPSA) is 41.5 Å². The zero-order chi connectivity index (χ0) is 14.4. The van der Waals surface area contributed by atoms with Gasteiger partial charge >= 0.3 is 0 Å². The van der Waals surface area contributed by atoms with Crippen molar-refractivity contribution in [2.45, 2.75) is 45.1 Å². The number of hydrogen-bond donors (Lipinski definition) is 2. The van der Waals surface area contributed by atoms with Crippen LogP contribution < -0.4 is 10.1 Å². The van der Waals surface area contributed by atoms with E-state index in [0.29, 0.717) is 12.6 Å². The van der Waals surface area contributed by atoms with Crippen LogP contribution in [0.2, 0.25) is 0 Å². The first-order valence-corrected chi connectivity index (χ1v) is 7.71. The minimum absolute atomic E-state index is 0.111. The van der Waals surface area contributed by atoms with Crippen LogP contribution in [0.3, 0.4) is 0 Å². The summed E-state index contributed by atoms with van der Waals surface area (Å²) in [4.78, 5) is 0. The molecule has 1 aliphatic carbocycles. The zero-order valence-electron chi connectivity index (χ0n) is 12.7. The Balaban J connectivity index is 1.97. The number of benzene rings is 1. The van der Waals surface area contributed by atoms with Gasteiger partial charge in [-0.05, 0) is 37.0 Å². The number of aliphatic hydroxyl groups excluding tert-OH is 1. The van der Waals surface area contributed by atoms with Crippen LogP contribution in [-0.2, 0) is 0 Å². The molecule has 1 unspecified atom stereocenters. The Kier molecular flexibility index (Phi) is 5.44. The van der Waals surface area contributed by atoms with E-state index in [9.17, 15) is 5.11 Å². The summed E-state index contributed by atoms with van der Waals surface area (Å²) in [6, 6.07) is 8.62. The molecule has 0 bridgehead atoms. The van der Waals surface area contributed by atoms with E-state index in [1.807, 2.05) is 12.1 Å². The van der Waals surface area contributed by atoms with Gasteiger partial charge in [0.1, 0.15) is 5.75 Å². The van der Waals surface area contributed by atoms with Crippen molar-refractivity contribution in [1.82, 2.24) is 5.32 Å². The fourth-order valence-corrected chi connectivity index (χ4v) is 3.19. The van der Waals surface area contributed by atoms with Gasteiger partial charge in [0.2, 0.25) is 0 Å². The molecule has 3 nitrogen and oxygen atoms in total. The smallest absolute Gasteiger partial charge is 0.118 e. The molecular weight excluding hydrogens is 250 g/mol. The summed E-state index contributed by atoms with van der Waals surface area (Å²) in [5.74, 6) is 0.895. The number of aliphatic hydroxyl groups is 1. The van der Waals surface area contributed by atoms with Gasteiger partial charge in [-0.15, -0.1) is 0 Å². The molecule has 2 N–H and O–H groups in total. The predicted molar refractivity (Wildman–Crippen MR) is 82.0 cm³/mol. The van der Waals surface area contributed by atoms with E-state index in [1.165, 1.54) is 18.4 Å². The monoisotopic (exact) mass is 277 g/mol. The summed E-state index contributed by atoms with van der Waals surface area (Å²) < 4.78 is 5.20. The van der Waals surface area contributed by atoms with Gasteiger partial charge in [0, 0.05) is 24.6 Å². The molecule has 0 aromatic heterocycles. The number of rotatable bonds is 7. The molecule has 1 aliphatic rings. The van der Waals surface area contributed by atoms with E-state index in [0.717, 1.165) is 31.6 Å². The fourth-order valence-electron chi connectivity index (χ4n) is 3.19. The van der Waals surface area contributed by atoms with Crippen LogP contribution in [0.5, 0.6) is 5.75 Å². The van der Waals surface area contributed by atoms with Crippen LogP contribution in [0.1, 0.15) is 50.6 Å². The number of methoxy groups -OCH3 is 1. The molecule has 1 aromatic rings. The van der Waals surface area contributed by atoms with Crippen LogP contribution in [-0.4, -0.2) is 25.4 Å². The third-order valence-corrected chi connectivity index (χ3v) is 4.65. The molecular formula is C17H27NO2. The van der Waals surface area contributed by atoms with Crippen LogP contribution in [0.25, 0.3) is 0 Å². The summed E-state index contributed by atoms with van der Waals surface area (Å²) in [6.45, 7) is 3.41. The second kappa shape index (κ2) is 7.09. The first-order valence-electron chi connectivity index (χ1n) is 7.71. The first-order chi connectivity index (χ1) is 9.73. The van der Waals surface area contributed by atoms with E-state index in [1.54, 1.807) is 7.11 Å². The molecule has 20 heavy (non-hydrogen) atoms. The number of ether oxygens (including phenoxy) is 1. The van der Waals surface area contributed by atoms with Crippen molar-refractivity contribution in [3.05, 3.63) is 29.8 Å². The highest BCUT2D eigenvalue weighted by molar-refractivity contribution is 5.29. The van der Waals surface area contributed by atoms with E-state index >= 15 is 0 Å². The molecule has 0 amide bonds. The maximum atomic E-state index is 9.68. The van der Waals surface area contributed by atoms with Gasteiger partial charge < -0.3 is 15.2 Å². The molecule has 2 rings (SSSR count). The second-order valence-corrected chi connectivity index (χ2v) is 5.98. The van der Waals surface area contributed by atoms with E-state index in [4.69, 9.17) is 4.74 Å². The summed E-state index contributed by atoms with van der Waals surface area (Å²) in [6.07, 6.45) is 5.85. The molecule has 0 saturated heterocycles. The van der Waals surface area contributed by atoms with Crippen molar-refractivity contribution in [2.75, 3.05) is 20.3 Å². The highest BCUT2D eigenvalue weighted by Gasteiger charge is 2.33. The molecule has 1 fully saturated rings. The van der Waals surface area contributed by atoms with Gasteiger partial charge in [-0.3, -0.25) is 0 Å². The van der Waals surface area contributed by atoms with Gasteiger partial charge in [0.25, 0.3) is 0 Å². The standard InChI is InChI=1S/C17H27NO2/c1-3-16(14-6-8-15(20-2)9-7-14)18-12-17(13-19)10-4-5-11-17/h6-9,16,18-19H,3-5,10-13H2,1-2H3. The maximum absolute atomic E-state index is 9.68. The van der Waals surface area contributed by atoms with Crippen molar-refractivity contribution in [3.8, 4) is 5.75 Å². The summed E-state index contributed by atoms with van der Waals surface area (Å²) in [5.41, 5.74) is 1.40. The Labute approximate surface area is 122 Å². The average Bonchev–Trinajstić information content (AvgIpc) is 2.98. The van der Waals surface area contributed by atoms with Crippen molar-refractivity contribution < 1.29 is 9.84 Å². The van der Waals surface area contributed by atoms with Gasteiger partial charge in [-0.25, -0.2) is 0 Å². The number of nitrogens with one attached hydrogen (secondary N) is 1. The molecule has 0 spiro atoms. The quantitative estimate of drug-likeness (QED) is 0.803. The van der Waals surface area contributed by atoms with Crippen molar-refractivity contribution in [3.63, 3.8) is 0 Å². The largest absolute Gasteiger partial charge is 0.497 e. The van der Waals surface area contributed by atoms with Gasteiger partial charge in [-0.2, -0.15) is 0 Å². The zero-order valence-corrected chi connectivity index (χ0v) is 12.7. The molecule has 112 valence electrons. The highest BCUT2D eigenvalue weighted by Crippen LogP contribution is 2.37. The van der Waals surface area contributed by atoms with Crippen molar-refractivity contribution in [2.24, 2.45) is 5.41 Å². The normalized spacial score (nSPS) is 18.9. The van der Waals surface area contributed by atoms with E-state index in [-0.39, 0.29) is 5.41 Å². The molecule has 1 aromatic carbocycles.